The van der Waals surface area contributed by atoms with Gasteiger partial charge in [-0.1, -0.05) is 19.8 Å². The third-order valence-corrected chi connectivity index (χ3v) is 1.91. The SMILES string of the molecule is CCCC[C@@](C)(OC)C(=O)O. The van der Waals surface area contributed by atoms with Crippen LogP contribution >= 0.6 is 0 Å². The fourth-order valence-corrected chi connectivity index (χ4v) is 0.810. The molecule has 0 bridgehead atoms. The number of hydrogen-bond donors (Lipinski definition) is 1. The number of rotatable bonds is 5. The van der Waals surface area contributed by atoms with Gasteiger partial charge in [-0.3, -0.25) is 0 Å². The van der Waals surface area contributed by atoms with Crippen LogP contribution in [0.15, 0.2) is 0 Å². The summed E-state index contributed by atoms with van der Waals surface area (Å²) in [7, 11) is 1.43. The Bertz CT molecular complexity index is 133. The van der Waals surface area contributed by atoms with E-state index in [0.717, 1.165) is 12.8 Å². The number of hydrogen-bond acceptors (Lipinski definition) is 2. The monoisotopic (exact) mass is 160 g/mol. The third-order valence-electron chi connectivity index (χ3n) is 1.91. The maximum atomic E-state index is 10.6. The van der Waals surface area contributed by atoms with Crippen molar-refractivity contribution in [2.24, 2.45) is 0 Å². The van der Waals surface area contributed by atoms with E-state index in [9.17, 15) is 4.79 Å². The van der Waals surface area contributed by atoms with Crippen molar-refractivity contribution < 1.29 is 14.6 Å². The van der Waals surface area contributed by atoms with Gasteiger partial charge in [-0.25, -0.2) is 4.79 Å². The van der Waals surface area contributed by atoms with Crippen LogP contribution in [0.25, 0.3) is 0 Å². The summed E-state index contributed by atoms with van der Waals surface area (Å²) in [5.41, 5.74) is -0.990. The molecule has 3 heteroatoms. The van der Waals surface area contributed by atoms with Crippen LogP contribution in [0.4, 0.5) is 0 Å². The molecule has 1 N–H and O–H groups in total. The first kappa shape index (κ1) is 10.4. The molecule has 3 nitrogen and oxygen atoms in total. The highest BCUT2D eigenvalue weighted by Crippen LogP contribution is 2.17. The van der Waals surface area contributed by atoms with Crippen LogP contribution in [0.5, 0.6) is 0 Å². The van der Waals surface area contributed by atoms with Gasteiger partial charge in [0.15, 0.2) is 5.60 Å². The maximum absolute atomic E-state index is 10.6. The van der Waals surface area contributed by atoms with E-state index in [-0.39, 0.29) is 0 Å². The largest absolute Gasteiger partial charge is 0.479 e. The highest BCUT2D eigenvalue weighted by Gasteiger charge is 2.31. The molecule has 0 aromatic rings. The minimum Gasteiger partial charge on any atom is -0.479 e. The summed E-state index contributed by atoms with van der Waals surface area (Å²) >= 11 is 0. The number of carbonyl (C=O) groups is 1. The molecule has 0 aliphatic heterocycles. The van der Waals surface area contributed by atoms with Gasteiger partial charge in [0.1, 0.15) is 0 Å². The van der Waals surface area contributed by atoms with Gasteiger partial charge in [0.05, 0.1) is 0 Å². The van der Waals surface area contributed by atoms with E-state index in [4.69, 9.17) is 9.84 Å². The second-order valence-corrected chi connectivity index (χ2v) is 2.84. The zero-order valence-corrected chi connectivity index (χ0v) is 7.39. The lowest BCUT2D eigenvalue weighted by atomic mass is 9.99. The Morgan fingerprint density at radius 3 is 2.45 bits per heavy atom. The maximum Gasteiger partial charge on any atom is 0.335 e. The van der Waals surface area contributed by atoms with Crippen molar-refractivity contribution in [3.05, 3.63) is 0 Å². The zero-order chi connectivity index (χ0) is 8.91. The highest BCUT2D eigenvalue weighted by atomic mass is 16.5. The van der Waals surface area contributed by atoms with E-state index >= 15 is 0 Å². The van der Waals surface area contributed by atoms with Gasteiger partial charge in [0.2, 0.25) is 0 Å². The predicted octanol–water partition coefficient (Wildman–Crippen LogP) is 1.67. The lowest BCUT2D eigenvalue weighted by Gasteiger charge is -2.22. The van der Waals surface area contributed by atoms with Gasteiger partial charge in [-0.15, -0.1) is 0 Å². The van der Waals surface area contributed by atoms with Crippen LogP contribution in [0.3, 0.4) is 0 Å². The molecule has 0 unspecified atom stereocenters. The van der Waals surface area contributed by atoms with Crippen LogP contribution in [0, 0.1) is 0 Å². The molecule has 0 aliphatic carbocycles. The summed E-state index contributed by atoms with van der Waals surface area (Å²) in [6, 6.07) is 0. The smallest absolute Gasteiger partial charge is 0.335 e. The summed E-state index contributed by atoms with van der Waals surface area (Å²) in [6.45, 7) is 3.63. The van der Waals surface area contributed by atoms with Crippen molar-refractivity contribution in [2.75, 3.05) is 7.11 Å². The first-order valence-corrected chi connectivity index (χ1v) is 3.85. The molecule has 0 fully saturated rings. The minimum absolute atomic E-state index is 0.579. The average Bonchev–Trinajstić information content (AvgIpc) is 2.00. The minimum atomic E-state index is -0.990. The fraction of sp³-hybridized carbons (Fsp3) is 0.875. The normalized spacial score (nSPS) is 15.9. The van der Waals surface area contributed by atoms with Crippen LogP contribution in [0.1, 0.15) is 33.1 Å². The van der Waals surface area contributed by atoms with Gasteiger partial charge in [0.25, 0.3) is 0 Å². The molecule has 0 rings (SSSR count). The summed E-state index contributed by atoms with van der Waals surface area (Å²) in [4.78, 5) is 10.6. The molecule has 0 radical (unpaired) electrons. The standard InChI is InChI=1S/C8H16O3/c1-4-5-6-8(2,11-3)7(9)10/h4-6H2,1-3H3,(H,9,10)/t8-/m1/s1. The highest BCUT2D eigenvalue weighted by molar-refractivity contribution is 5.76. The fourth-order valence-electron chi connectivity index (χ4n) is 0.810. The Labute approximate surface area is 67.4 Å². The number of carboxylic acid groups (broad SMARTS) is 1. The number of ether oxygens (including phenoxy) is 1. The molecule has 0 heterocycles. The second kappa shape index (κ2) is 4.34. The first-order valence-electron chi connectivity index (χ1n) is 3.85. The molecule has 0 aliphatic rings. The van der Waals surface area contributed by atoms with Gasteiger partial charge in [-0.05, 0) is 13.3 Å². The number of aliphatic carboxylic acids is 1. The Balaban J connectivity index is 3.99. The van der Waals surface area contributed by atoms with Crippen molar-refractivity contribution >= 4 is 5.97 Å². The summed E-state index contributed by atoms with van der Waals surface area (Å²) in [5, 5.41) is 8.73. The quantitative estimate of drug-likeness (QED) is 0.665. The van der Waals surface area contributed by atoms with Crippen LogP contribution in [0.2, 0.25) is 0 Å². The predicted molar refractivity (Wildman–Crippen MR) is 42.6 cm³/mol. The Kier molecular flexibility index (Phi) is 4.11. The number of unbranched alkanes of at least 4 members (excludes halogenated alkanes) is 1. The number of carboxylic acids is 1. The Hall–Kier alpha value is -0.570. The molecule has 0 aromatic heterocycles. The first-order chi connectivity index (χ1) is 5.06. The van der Waals surface area contributed by atoms with E-state index in [2.05, 4.69) is 0 Å². The van der Waals surface area contributed by atoms with Crippen molar-refractivity contribution in [1.82, 2.24) is 0 Å². The zero-order valence-electron chi connectivity index (χ0n) is 7.39. The van der Waals surface area contributed by atoms with Crippen molar-refractivity contribution in [2.45, 2.75) is 38.7 Å². The van der Waals surface area contributed by atoms with Gasteiger partial charge < -0.3 is 9.84 Å². The van der Waals surface area contributed by atoms with E-state index in [1.807, 2.05) is 6.92 Å². The Morgan fingerprint density at radius 2 is 2.18 bits per heavy atom. The molecule has 0 spiro atoms. The van der Waals surface area contributed by atoms with Gasteiger partial charge in [0, 0.05) is 7.11 Å². The number of methoxy groups -OCH3 is 1. The Morgan fingerprint density at radius 1 is 1.64 bits per heavy atom. The van der Waals surface area contributed by atoms with Crippen LogP contribution in [-0.2, 0) is 9.53 Å². The van der Waals surface area contributed by atoms with Crippen molar-refractivity contribution in [1.29, 1.82) is 0 Å². The molecule has 1 atom stereocenters. The third kappa shape index (κ3) is 2.89. The van der Waals surface area contributed by atoms with E-state index in [1.54, 1.807) is 6.92 Å². The average molecular weight is 160 g/mol. The lowest BCUT2D eigenvalue weighted by molar-refractivity contribution is -0.160. The summed E-state index contributed by atoms with van der Waals surface area (Å²) in [5.74, 6) is -0.881. The molecular weight excluding hydrogens is 144 g/mol. The topological polar surface area (TPSA) is 46.5 Å². The van der Waals surface area contributed by atoms with Crippen molar-refractivity contribution in [3.8, 4) is 0 Å². The van der Waals surface area contributed by atoms with Crippen LogP contribution in [-0.4, -0.2) is 23.8 Å². The molecular formula is C8H16O3. The summed E-state index contributed by atoms with van der Waals surface area (Å²) in [6.07, 6.45) is 2.46. The van der Waals surface area contributed by atoms with Gasteiger partial charge >= 0.3 is 5.97 Å². The molecule has 11 heavy (non-hydrogen) atoms. The second-order valence-electron chi connectivity index (χ2n) is 2.84. The van der Waals surface area contributed by atoms with Gasteiger partial charge in [-0.2, -0.15) is 0 Å². The molecule has 0 aromatic carbocycles. The molecule has 0 saturated carbocycles. The molecule has 0 amide bonds. The summed E-state index contributed by atoms with van der Waals surface area (Å²) < 4.78 is 4.90. The van der Waals surface area contributed by atoms with E-state index < -0.39 is 11.6 Å². The van der Waals surface area contributed by atoms with E-state index in [1.165, 1.54) is 7.11 Å². The van der Waals surface area contributed by atoms with Crippen molar-refractivity contribution in [3.63, 3.8) is 0 Å². The van der Waals surface area contributed by atoms with E-state index in [0.29, 0.717) is 6.42 Å². The van der Waals surface area contributed by atoms with Crippen LogP contribution < -0.4 is 0 Å². The molecule has 0 saturated heterocycles. The molecule has 66 valence electrons. The lowest BCUT2D eigenvalue weighted by Crippen LogP contribution is -2.37.